The van der Waals surface area contributed by atoms with Crippen LogP contribution in [0.2, 0.25) is 0 Å². The van der Waals surface area contributed by atoms with Crippen LogP contribution in [0.1, 0.15) is 43.9 Å². The zero-order valence-electron chi connectivity index (χ0n) is 12.3. The van der Waals surface area contributed by atoms with Gasteiger partial charge in [-0.15, -0.1) is 0 Å². The van der Waals surface area contributed by atoms with Gasteiger partial charge in [0.2, 0.25) is 0 Å². The molecular weight excluding hydrogens is 236 g/mol. The molecule has 3 heteroatoms. The summed E-state index contributed by atoms with van der Waals surface area (Å²) in [5.41, 5.74) is 8.37. The third kappa shape index (κ3) is 3.16. The topological polar surface area (TPSA) is 49.5 Å². The Labute approximate surface area is 116 Å². The summed E-state index contributed by atoms with van der Waals surface area (Å²) < 4.78 is 0. The third-order valence-electron chi connectivity index (χ3n) is 4.26. The summed E-state index contributed by atoms with van der Waals surface area (Å²) in [7, 11) is 0. The Balaban J connectivity index is 2.30. The van der Waals surface area contributed by atoms with E-state index >= 15 is 0 Å². The molecule has 3 unspecified atom stereocenters. The number of hydrogen-bond acceptors (Lipinski definition) is 3. The van der Waals surface area contributed by atoms with E-state index in [0.717, 1.165) is 19.4 Å². The van der Waals surface area contributed by atoms with Crippen molar-refractivity contribution >= 4 is 0 Å². The standard InChI is InChI=1S/C16H26N2O/c1-4-14(17)15(13-8-6-5-7-12(13)2)18-10-9-16(3,19)11-18/h5-8,14-15,19H,4,9-11,17H2,1-3H3. The van der Waals surface area contributed by atoms with E-state index in [-0.39, 0.29) is 12.1 Å². The maximum atomic E-state index is 10.2. The molecule has 0 aromatic heterocycles. The first kappa shape index (κ1) is 14.5. The molecule has 0 amide bonds. The average Bonchev–Trinajstić information content (AvgIpc) is 2.72. The van der Waals surface area contributed by atoms with Crippen LogP contribution in [0.25, 0.3) is 0 Å². The SMILES string of the molecule is CCC(N)C(c1ccccc1C)N1CCC(C)(O)C1. The van der Waals surface area contributed by atoms with Crippen LogP contribution in [0.4, 0.5) is 0 Å². The lowest BCUT2D eigenvalue weighted by Crippen LogP contribution is -2.41. The largest absolute Gasteiger partial charge is 0.389 e. The second-order valence-electron chi connectivity index (χ2n) is 6.09. The van der Waals surface area contributed by atoms with Crippen LogP contribution in [0.15, 0.2) is 24.3 Å². The second-order valence-corrected chi connectivity index (χ2v) is 6.09. The van der Waals surface area contributed by atoms with Gasteiger partial charge in [0.05, 0.1) is 11.6 Å². The normalized spacial score (nSPS) is 27.4. The van der Waals surface area contributed by atoms with Crippen molar-refractivity contribution in [3.63, 3.8) is 0 Å². The van der Waals surface area contributed by atoms with Gasteiger partial charge in [-0.1, -0.05) is 31.2 Å². The molecule has 1 aromatic rings. The monoisotopic (exact) mass is 262 g/mol. The fraction of sp³-hybridized carbons (Fsp3) is 0.625. The number of aliphatic hydroxyl groups is 1. The lowest BCUT2D eigenvalue weighted by atomic mass is 9.93. The van der Waals surface area contributed by atoms with Crippen LogP contribution < -0.4 is 5.73 Å². The third-order valence-corrected chi connectivity index (χ3v) is 4.26. The quantitative estimate of drug-likeness (QED) is 0.875. The smallest absolute Gasteiger partial charge is 0.0758 e. The molecule has 1 saturated heterocycles. The highest BCUT2D eigenvalue weighted by Gasteiger charge is 2.37. The van der Waals surface area contributed by atoms with E-state index in [9.17, 15) is 5.11 Å². The Morgan fingerprint density at radius 3 is 2.63 bits per heavy atom. The molecule has 3 nitrogen and oxygen atoms in total. The Hall–Kier alpha value is -0.900. The molecule has 1 aliphatic rings. The molecule has 0 bridgehead atoms. The van der Waals surface area contributed by atoms with E-state index in [1.807, 2.05) is 6.92 Å². The fourth-order valence-corrected chi connectivity index (χ4v) is 3.06. The zero-order valence-corrected chi connectivity index (χ0v) is 12.3. The molecule has 1 heterocycles. The van der Waals surface area contributed by atoms with Gasteiger partial charge >= 0.3 is 0 Å². The van der Waals surface area contributed by atoms with E-state index in [2.05, 4.69) is 43.0 Å². The van der Waals surface area contributed by atoms with Crippen LogP contribution in [0.5, 0.6) is 0 Å². The predicted molar refractivity (Wildman–Crippen MR) is 79.0 cm³/mol. The summed E-state index contributed by atoms with van der Waals surface area (Å²) in [6.45, 7) is 7.81. The summed E-state index contributed by atoms with van der Waals surface area (Å²) in [6, 6.07) is 8.76. The molecule has 106 valence electrons. The van der Waals surface area contributed by atoms with Crippen molar-refractivity contribution in [2.75, 3.05) is 13.1 Å². The van der Waals surface area contributed by atoms with E-state index < -0.39 is 5.60 Å². The highest BCUT2D eigenvalue weighted by molar-refractivity contribution is 5.30. The molecule has 0 aliphatic carbocycles. The number of nitrogens with zero attached hydrogens (tertiary/aromatic N) is 1. The van der Waals surface area contributed by atoms with Gasteiger partial charge < -0.3 is 10.8 Å². The minimum absolute atomic E-state index is 0.106. The lowest BCUT2D eigenvalue weighted by molar-refractivity contribution is 0.0593. The summed E-state index contributed by atoms with van der Waals surface area (Å²) in [5, 5.41) is 10.2. The molecule has 1 aromatic carbocycles. The zero-order chi connectivity index (χ0) is 14.0. The number of hydrogen-bond donors (Lipinski definition) is 2. The molecular formula is C16H26N2O. The lowest BCUT2D eigenvalue weighted by Gasteiger charge is -2.34. The highest BCUT2D eigenvalue weighted by atomic mass is 16.3. The first-order valence-corrected chi connectivity index (χ1v) is 7.22. The molecule has 1 aliphatic heterocycles. The number of likely N-dealkylation sites (tertiary alicyclic amines) is 1. The summed E-state index contributed by atoms with van der Waals surface area (Å²) in [4.78, 5) is 2.34. The molecule has 3 atom stereocenters. The van der Waals surface area contributed by atoms with E-state index in [4.69, 9.17) is 5.73 Å². The molecule has 3 N–H and O–H groups in total. The van der Waals surface area contributed by atoms with Crippen molar-refractivity contribution in [1.29, 1.82) is 0 Å². The van der Waals surface area contributed by atoms with Gasteiger partial charge in [0.15, 0.2) is 0 Å². The van der Waals surface area contributed by atoms with Crippen molar-refractivity contribution in [1.82, 2.24) is 4.90 Å². The van der Waals surface area contributed by atoms with Gasteiger partial charge in [-0.2, -0.15) is 0 Å². The van der Waals surface area contributed by atoms with Crippen LogP contribution in [-0.2, 0) is 0 Å². The highest BCUT2D eigenvalue weighted by Crippen LogP contribution is 2.33. The molecule has 0 spiro atoms. The fourth-order valence-electron chi connectivity index (χ4n) is 3.06. The first-order valence-electron chi connectivity index (χ1n) is 7.22. The van der Waals surface area contributed by atoms with Crippen LogP contribution >= 0.6 is 0 Å². The molecule has 2 rings (SSSR count). The van der Waals surface area contributed by atoms with Gasteiger partial charge in [0.25, 0.3) is 0 Å². The van der Waals surface area contributed by atoms with Gasteiger partial charge in [-0.05, 0) is 37.8 Å². The predicted octanol–water partition coefficient (Wildman–Crippen LogP) is 2.23. The molecule has 0 radical (unpaired) electrons. The van der Waals surface area contributed by atoms with Gasteiger partial charge in [-0.25, -0.2) is 0 Å². The number of β-amino-alcohol motifs (C(OH)–C–C–N with tert-alkyl or cyclic N) is 1. The van der Waals surface area contributed by atoms with Gasteiger partial charge in [0, 0.05) is 19.1 Å². The van der Waals surface area contributed by atoms with E-state index in [1.54, 1.807) is 0 Å². The van der Waals surface area contributed by atoms with Crippen molar-refractivity contribution in [2.24, 2.45) is 5.73 Å². The Morgan fingerprint density at radius 1 is 1.42 bits per heavy atom. The minimum Gasteiger partial charge on any atom is -0.389 e. The Bertz CT molecular complexity index is 431. The number of rotatable bonds is 4. The Morgan fingerprint density at radius 2 is 2.11 bits per heavy atom. The van der Waals surface area contributed by atoms with Crippen LogP contribution in [0.3, 0.4) is 0 Å². The maximum absolute atomic E-state index is 10.2. The van der Waals surface area contributed by atoms with E-state index in [1.165, 1.54) is 11.1 Å². The van der Waals surface area contributed by atoms with Crippen LogP contribution in [-0.4, -0.2) is 34.7 Å². The maximum Gasteiger partial charge on any atom is 0.0758 e. The van der Waals surface area contributed by atoms with Crippen molar-refractivity contribution in [3.05, 3.63) is 35.4 Å². The molecule has 19 heavy (non-hydrogen) atoms. The average molecular weight is 262 g/mol. The van der Waals surface area contributed by atoms with E-state index in [0.29, 0.717) is 6.54 Å². The molecule has 1 fully saturated rings. The number of aryl methyl sites for hydroxylation is 1. The number of benzene rings is 1. The van der Waals surface area contributed by atoms with Gasteiger partial charge in [-0.3, -0.25) is 4.90 Å². The minimum atomic E-state index is -0.575. The summed E-state index contributed by atoms with van der Waals surface area (Å²) in [6.07, 6.45) is 1.77. The van der Waals surface area contributed by atoms with Gasteiger partial charge in [0.1, 0.15) is 0 Å². The summed E-state index contributed by atoms with van der Waals surface area (Å²) >= 11 is 0. The second kappa shape index (κ2) is 5.61. The Kier molecular flexibility index (Phi) is 4.29. The number of nitrogens with two attached hydrogens (primary N) is 1. The summed E-state index contributed by atoms with van der Waals surface area (Å²) in [5.74, 6) is 0. The van der Waals surface area contributed by atoms with Crippen LogP contribution in [0, 0.1) is 6.92 Å². The first-order chi connectivity index (χ1) is 8.94. The van der Waals surface area contributed by atoms with Crippen molar-refractivity contribution < 1.29 is 5.11 Å². The molecule has 0 saturated carbocycles. The van der Waals surface area contributed by atoms with Crippen molar-refractivity contribution in [2.45, 2.75) is 51.3 Å². The van der Waals surface area contributed by atoms with Crippen molar-refractivity contribution in [3.8, 4) is 0 Å².